The van der Waals surface area contributed by atoms with Gasteiger partial charge in [0.15, 0.2) is 23.0 Å². The Kier molecular flexibility index (Phi) is 4.97. The van der Waals surface area contributed by atoms with Gasteiger partial charge in [-0.15, -0.1) is 0 Å². The lowest BCUT2D eigenvalue weighted by molar-refractivity contribution is 0.0778. The van der Waals surface area contributed by atoms with Crippen molar-refractivity contribution in [3.05, 3.63) is 47.5 Å². The lowest BCUT2D eigenvalue weighted by Gasteiger charge is -2.12. The van der Waals surface area contributed by atoms with Crippen LogP contribution in [0.25, 0.3) is 0 Å². The number of hydrazone groups is 1. The van der Waals surface area contributed by atoms with Crippen LogP contribution in [0.1, 0.15) is 22.3 Å². The number of rotatable bonds is 5. The lowest BCUT2D eigenvalue weighted by Crippen LogP contribution is -2.23. The van der Waals surface area contributed by atoms with E-state index in [1.54, 1.807) is 26.4 Å². The summed E-state index contributed by atoms with van der Waals surface area (Å²) in [6.07, 6.45) is 0.628. The Morgan fingerprint density at radius 3 is 2.35 bits per heavy atom. The molecule has 0 spiro atoms. The molecule has 0 bridgehead atoms. The molecule has 3 rings (SSSR count). The minimum atomic E-state index is -0.279. The van der Waals surface area contributed by atoms with E-state index < -0.39 is 0 Å². The number of hydrogen-bond donors (Lipinski definition) is 1. The number of methoxy groups -OCH3 is 3. The van der Waals surface area contributed by atoms with Crippen molar-refractivity contribution in [1.29, 1.82) is 0 Å². The van der Waals surface area contributed by atoms with Crippen LogP contribution in [0.4, 0.5) is 0 Å². The molecule has 26 heavy (non-hydrogen) atoms. The second kappa shape index (κ2) is 7.35. The van der Waals surface area contributed by atoms with Gasteiger partial charge in [-0.3, -0.25) is 4.79 Å². The molecule has 0 unspecified atom stereocenters. The average Bonchev–Trinajstić information content (AvgIpc) is 3.16. The predicted octanol–water partition coefficient (Wildman–Crippen LogP) is 2.67. The molecule has 1 aliphatic rings. The van der Waals surface area contributed by atoms with Crippen LogP contribution in [0.15, 0.2) is 41.5 Å². The Morgan fingerprint density at radius 1 is 1.00 bits per heavy atom. The summed E-state index contributed by atoms with van der Waals surface area (Å²) in [5.41, 5.74) is 2.01. The molecule has 0 saturated carbocycles. The van der Waals surface area contributed by atoms with Crippen molar-refractivity contribution in [2.75, 3.05) is 27.9 Å². The van der Waals surface area contributed by atoms with Crippen LogP contribution < -0.4 is 14.2 Å². The van der Waals surface area contributed by atoms with Crippen LogP contribution in [-0.4, -0.2) is 49.6 Å². The normalized spacial score (nSPS) is 13.3. The van der Waals surface area contributed by atoms with Crippen LogP contribution >= 0.6 is 0 Å². The molecule has 1 amide bonds. The first-order valence-corrected chi connectivity index (χ1v) is 8.06. The van der Waals surface area contributed by atoms with Crippen molar-refractivity contribution in [2.24, 2.45) is 5.10 Å². The maximum absolute atomic E-state index is 12.6. The molecule has 0 aromatic heterocycles. The molecule has 0 aliphatic carbocycles. The number of phenolic OH excluding ortho intramolecular Hbond substituents is 1. The van der Waals surface area contributed by atoms with Crippen molar-refractivity contribution in [3.8, 4) is 23.0 Å². The molecule has 7 heteroatoms. The van der Waals surface area contributed by atoms with E-state index in [1.807, 2.05) is 18.2 Å². The molecule has 0 atom stereocenters. The summed E-state index contributed by atoms with van der Waals surface area (Å²) in [7, 11) is 4.61. The number of benzene rings is 2. The van der Waals surface area contributed by atoms with Crippen LogP contribution in [0, 0.1) is 0 Å². The molecule has 1 aliphatic heterocycles. The second-order valence-electron chi connectivity index (χ2n) is 5.68. The van der Waals surface area contributed by atoms with Crippen LogP contribution in [0.5, 0.6) is 23.0 Å². The summed E-state index contributed by atoms with van der Waals surface area (Å²) in [4.78, 5) is 12.6. The first-order chi connectivity index (χ1) is 12.6. The third-order valence-corrected chi connectivity index (χ3v) is 4.18. The van der Waals surface area contributed by atoms with Gasteiger partial charge in [0.2, 0.25) is 0 Å². The van der Waals surface area contributed by atoms with Crippen molar-refractivity contribution in [2.45, 2.75) is 6.42 Å². The third kappa shape index (κ3) is 3.28. The number of amides is 1. The quantitative estimate of drug-likeness (QED) is 0.891. The van der Waals surface area contributed by atoms with Gasteiger partial charge >= 0.3 is 0 Å². The van der Waals surface area contributed by atoms with Gasteiger partial charge in [0.05, 0.1) is 33.6 Å². The summed E-state index contributed by atoms with van der Waals surface area (Å²) >= 11 is 0. The Labute approximate surface area is 151 Å². The van der Waals surface area contributed by atoms with E-state index in [4.69, 9.17) is 14.2 Å². The largest absolute Gasteiger partial charge is 0.504 e. The minimum absolute atomic E-state index is 0.0818. The Bertz CT molecular complexity index is 863. The van der Waals surface area contributed by atoms with Gasteiger partial charge in [-0.2, -0.15) is 5.10 Å². The summed E-state index contributed by atoms with van der Waals surface area (Å²) < 4.78 is 15.5. The molecule has 2 aromatic rings. The minimum Gasteiger partial charge on any atom is -0.504 e. The van der Waals surface area contributed by atoms with Crippen LogP contribution in [0.2, 0.25) is 0 Å². The predicted molar refractivity (Wildman–Crippen MR) is 96.4 cm³/mol. The SMILES string of the molecule is COc1ccc(C(=O)N2CCC(c3ccc(OC)c(OC)c3)=N2)cc1O. The topological polar surface area (TPSA) is 80.6 Å². The maximum Gasteiger partial charge on any atom is 0.274 e. The molecule has 1 N–H and O–H groups in total. The van der Waals surface area contributed by atoms with Gasteiger partial charge in [-0.05, 0) is 36.4 Å². The standard InChI is InChI=1S/C19H20N2O5/c1-24-16-6-5-13(10-15(16)22)19(23)21-9-8-14(20-21)12-4-7-17(25-2)18(11-12)26-3/h4-7,10-11,22H,8-9H2,1-3H3. The van der Waals surface area contributed by atoms with Crippen LogP contribution in [0.3, 0.4) is 0 Å². The Balaban J connectivity index is 1.83. The molecule has 0 fully saturated rings. The van der Waals surface area contributed by atoms with Crippen LogP contribution in [-0.2, 0) is 0 Å². The average molecular weight is 356 g/mol. The van der Waals surface area contributed by atoms with E-state index in [1.165, 1.54) is 18.2 Å². The number of phenols is 1. The fraction of sp³-hybridized carbons (Fsp3) is 0.263. The molecular formula is C19H20N2O5. The monoisotopic (exact) mass is 356 g/mol. The Hall–Kier alpha value is -3.22. The highest BCUT2D eigenvalue weighted by atomic mass is 16.5. The van der Waals surface area contributed by atoms with Gasteiger partial charge in [-0.25, -0.2) is 5.01 Å². The van der Waals surface area contributed by atoms with Crippen molar-refractivity contribution in [1.82, 2.24) is 5.01 Å². The third-order valence-electron chi connectivity index (χ3n) is 4.18. The van der Waals surface area contributed by atoms with Gasteiger partial charge in [0, 0.05) is 17.5 Å². The first kappa shape index (κ1) is 17.6. The summed E-state index contributed by atoms with van der Waals surface area (Å²) in [6.45, 7) is 0.468. The molecule has 0 saturated heterocycles. The van der Waals surface area contributed by atoms with Gasteiger partial charge in [0.1, 0.15) is 0 Å². The highest BCUT2D eigenvalue weighted by Crippen LogP contribution is 2.30. The van der Waals surface area contributed by atoms with Gasteiger partial charge < -0.3 is 19.3 Å². The van der Waals surface area contributed by atoms with Crippen molar-refractivity contribution in [3.63, 3.8) is 0 Å². The van der Waals surface area contributed by atoms with Gasteiger partial charge in [-0.1, -0.05) is 0 Å². The fourth-order valence-corrected chi connectivity index (χ4v) is 2.79. The molecule has 0 radical (unpaired) electrons. The van der Waals surface area contributed by atoms with E-state index in [-0.39, 0.29) is 11.7 Å². The number of hydrogen-bond acceptors (Lipinski definition) is 6. The number of carbonyl (C=O) groups excluding carboxylic acids is 1. The smallest absolute Gasteiger partial charge is 0.274 e. The fourth-order valence-electron chi connectivity index (χ4n) is 2.79. The molecule has 1 heterocycles. The van der Waals surface area contributed by atoms with Crippen molar-refractivity contribution < 1.29 is 24.1 Å². The lowest BCUT2D eigenvalue weighted by atomic mass is 10.1. The second-order valence-corrected chi connectivity index (χ2v) is 5.68. The molecular weight excluding hydrogens is 336 g/mol. The van der Waals surface area contributed by atoms with E-state index in [0.29, 0.717) is 35.8 Å². The number of aromatic hydroxyl groups is 1. The number of ether oxygens (including phenoxy) is 3. The summed E-state index contributed by atoms with van der Waals surface area (Å²) in [5.74, 6) is 1.20. The summed E-state index contributed by atoms with van der Waals surface area (Å²) in [5, 5.41) is 15.7. The van der Waals surface area contributed by atoms with Gasteiger partial charge in [0.25, 0.3) is 5.91 Å². The summed E-state index contributed by atoms with van der Waals surface area (Å²) in [6, 6.07) is 10.1. The zero-order valence-electron chi connectivity index (χ0n) is 14.9. The van der Waals surface area contributed by atoms with Crippen molar-refractivity contribution >= 4 is 11.6 Å². The molecule has 7 nitrogen and oxygen atoms in total. The van der Waals surface area contributed by atoms with E-state index in [0.717, 1.165) is 11.3 Å². The van der Waals surface area contributed by atoms with E-state index in [9.17, 15) is 9.90 Å². The molecule has 136 valence electrons. The zero-order valence-corrected chi connectivity index (χ0v) is 14.9. The molecule has 2 aromatic carbocycles. The van der Waals surface area contributed by atoms with E-state index >= 15 is 0 Å². The first-order valence-electron chi connectivity index (χ1n) is 8.06. The highest BCUT2D eigenvalue weighted by molar-refractivity contribution is 6.04. The van der Waals surface area contributed by atoms with E-state index in [2.05, 4.69) is 5.10 Å². The number of carbonyl (C=O) groups is 1. The zero-order chi connectivity index (χ0) is 18.7. The Morgan fingerprint density at radius 2 is 1.69 bits per heavy atom. The number of nitrogens with zero attached hydrogens (tertiary/aromatic N) is 2. The maximum atomic E-state index is 12.6. The highest BCUT2D eigenvalue weighted by Gasteiger charge is 2.24.